The lowest BCUT2D eigenvalue weighted by Crippen LogP contribution is -2.25. The zero-order valence-corrected chi connectivity index (χ0v) is 14.6. The molecule has 1 unspecified atom stereocenters. The molecule has 3 nitrogen and oxygen atoms in total. The molecule has 2 rings (SSSR count). The Kier molecular flexibility index (Phi) is 6.07. The van der Waals surface area contributed by atoms with Crippen LogP contribution in [-0.2, 0) is 9.84 Å². The molecule has 1 atom stereocenters. The molecule has 130 valence electrons. The third kappa shape index (κ3) is 4.85. The van der Waals surface area contributed by atoms with Crippen molar-refractivity contribution in [2.45, 2.75) is 24.3 Å². The van der Waals surface area contributed by atoms with Crippen LogP contribution in [0.2, 0.25) is 0 Å². The van der Waals surface area contributed by atoms with Gasteiger partial charge in [0.05, 0.1) is 10.6 Å². The van der Waals surface area contributed by atoms with Gasteiger partial charge < -0.3 is 0 Å². The summed E-state index contributed by atoms with van der Waals surface area (Å²) in [7, 11) is -1.51. The summed E-state index contributed by atoms with van der Waals surface area (Å²) in [6.45, 7) is 2.57. The van der Waals surface area contributed by atoms with Crippen molar-refractivity contribution >= 4 is 9.84 Å². The van der Waals surface area contributed by atoms with Crippen molar-refractivity contribution in [2.24, 2.45) is 0 Å². The first-order valence-corrected chi connectivity index (χ1v) is 9.39. The van der Waals surface area contributed by atoms with Crippen molar-refractivity contribution in [1.29, 1.82) is 0 Å². The van der Waals surface area contributed by atoms with Crippen LogP contribution in [0, 0.1) is 11.6 Å². The van der Waals surface area contributed by atoms with Gasteiger partial charge >= 0.3 is 0 Å². The van der Waals surface area contributed by atoms with E-state index < -0.39 is 15.7 Å². The normalized spacial score (nSPS) is 13.2. The fraction of sp³-hybridized carbons (Fsp3) is 0.333. The van der Waals surface area contributed by atoms with Crippen LogP contribution in [0.25, 0.3) is 0 Å². The summed E-state index contributed by atoms with van der Waals surface area (Å²) in [5.41, 5.74) is 0.972. The van der Waals surface area contributed by atoms with Crippen LogP contribution in [0.15, 0.2) is 53.4 Å². The molecular formula is C18H21F2NO2S. The van der Waals surface area contributed by atoms with E-state index in [0.717, 1.165) is 17.7 Å². The van der Waals surface area contributed by atoms with E-state index in [2.05, 4.69) is 0 Å². The molecule has 0 heterocycles. The molecule has 2 aromatic rings. The van der Waals surface area contributed by atoms with Gasteiger partial charge in [0.1, 0.15) is 11.6 Å². The minimum atomic E-state index is -3.41. The maximum absolute atomic E-state index is 13.0. The standard InChI is InChI=1S/C18H21F2NO2S/c1-14(15-4-6-16(19)7-5-15)21(2)12-3-13-24(22,23)18-10-8-17(20)9-11-18/h4-11,14H,3,12-13H2,1-2H3. The minimum absolute atomic E-state index is 0.000883. The fourth-order valence-corrected chi connectivity index (χ4v) is 3.75. The van der Waals surface area contributed by atoms with E-state index in [-0.39, 0.29) is 22.5 Å². The summed E-state index contributed by atoms with van der Waals surface area (Å²) in [5.74, 6) is -0.736. The van der Waals surface area contributed by atoms with Gasteiger partial charge in [0.2, 0.25) is 0 Å². The first-order valence-electron chi connectivity index (χ1n) is 7.73. The predicted molar refractivity (Wildman–Crippen MR) is 90.5 cm³/mol. The van der Waals surface area contributed by atoms with Crippen molar-refractivity contribution in [2.75, 3.05) is 19.3 Å². The molecule has 0 bridgehead atoms. The summed E-state index contributed by atoms with van der Waals surface area (Å²) in [6.07, 6.45) is 0.460. The molecule has 0 N–H and O–H groups in total. The Morgan fingerprint density at radius 1 is 0.958 bits per heavy atom. The fourth-order valence-electron chi connectivity index (χ4n) is 2.45. The van der Waals surface area contributed by atoms with E-state index in [4.69, 9.17) is 0 Å². The summed E-state index contributed by atoms with van der Waals surface area (Å²) in [6, 6.07) is 11.2. The van der Waals surface area contributed by atoms with Gasteiger partial charge in [-0.2, -0.15) is 0 Å². The molecule has 6 heteroatoms. The Morgan fingerprint density at radius 2 is 1.46 bits per heavy atom. The van der Waals surface area contributed by atoms with Crippen molar-refractivity contribution < 1.29 is 17.2 Å². The largest absolute Gasteiger partial charge is 0.300 e. The second-order valence-corrected chi connectivity index (χ2v) is 7.94. The second-order valence-electron chi connectivity index (χ2n) is 5.83. The average molecular weight is 353 g/mol. The van der Waals surface area contributed by atoms with Gasteiger partial charge in [0.15, 0.2) is 9.84 Å². The first-order chi connectivity index (χ1) is 11.3. The van der Waals surface area contributed by atoms with Crippen LogP contribution in [0.5, 0.6) is 0 Å². The minimum Gasteiger partial charge on any atom is -0.300 e. The molecule has 0 saturated carbocycles. The van der Waals surface area contributed by atoms with Crippen LogP contribution >= 0.6 is 0 Å². The van der Waals surface area contributed by atoms with E-state index in [1.807, 2.05) is 18.9 Å². The molecule has 0 fully saturated rings. The Balaban J connectivity index is 1.90. The lowest BCUT2D eigenvalue weighted by molar-refractivity contribution is 0.262. The number of benzene rings is 2. The van der Waals surface area contributed by atoms with Gasteiger partial charge in [-0.25, -0.2) is 17.2 Å². The summed E-state index contributed by atoms with van der Waals surface area (Å²) in [4.78, 5) is 2.16. The summed E-state index contributed by atoms with van der Waals surface area (Å²) in [5, 5.41) is 0. The number of sulfone groups is 1. The van der Waals surface area contributed by atoms with Crippen LogP contribution in [0.4, 0.5) is 8.78 Å². The Bertz CT molecular complexity index is 759. The van der Waals surface area contributed by atoms with Crippen LogP contribution in [0.1, 0.15) is 24.9 Å². The van der Waals surface area contributed by atoms with E-state index in [1.165, 1.54) is 24.3 Å². The number of rotatable bonds is 7. The molecule has 0 radical (unpaired) electrons. The van der Waals surface area contributed by atoms with Crippen molar-refractivity contribution in [3.63, 3.8) is 0 Å². The quantitative estimate of drug-likeness (QED) is 0.710. The van der Waals surface area contributed by atoms with Gasteiger partial charge in [0, 0.05) is 6.04 Å². The first kappa shape index (κ1) is 18.5. The van der Waals surface area contributed by atoms with Crippen molar-refractivity contribution in [3.8, 4) is 0 Å². The molecule has 0 aliphatic carbocycles. The molecule has 0 spiro atoms. The van der Waals surface area contributed by atoms with E-state index in [9.17, 15) is 17.2 Å². The molecule has 2 aromatic carbocycles. The highest BCUT2D eigenvalue weighted by Gasteiger charge is 2.16. The molecule has 0 saturated heterocycles. The van der Waals surface area contributed by atoms with Crippen LogP contribution < -0.4 is 0 Å². The Labute approximate surface area is 141 Å². The van der Waals surface area contributed by atoms with E-state index in [1.54, 1.807) is 12.1 Å². The SMILES string of the molecule is CC(c1ccc(F)cc1)N(C)CCCS(=O)(=O)c1ccc(F)cc1. The van der Waals surface area contributed by atoms with Crippen molar-refractivity contribution in [1.82, 2.24) is 4.90 Å². The van der Waals surface area contributed by atoms with Gasteiger partial charge in [-0.1, -0.05) is 12.1 Å². The number of halogens is 2. The lowest BCUT2D eigenvalue weighted by atomic mass is 10.1. The third-order valence-corrected chi connectivity index (χ3v) is 5.93. The van der Waals surface area contributed by atoms with Gasteiger partial charge in [-0.05, 0) is 68.9 Å². The molecule has 0 aromatic heterocycles. The molecule has 0 amide bonds. The average Bonchev–Trinajstić information content (AvgIpc) is 2.55. The van der Waals surface area contributed by atoms with Crippen LogP contribution in [0.3, 0.4) is 0 Å². The van der Waals surface area contributed by atoms with Crippen molar-refractivity contribution in [3.05, 3.63) is 65.7 Å². The lowest BCUT2D eigenvalue weighted by Gasteiger charge is -2.25. The Hall–Kier alpha value is -1.79. The van der Waals surface area contributed by atoms with Crippen LogP contribution in [-0.4, -0.2) is 32.7 Å². The zero-order chi connectivity index (χ0) is 17.7. The smallest absolute Gasteiger partial charge is 0.178 e. The van der Waals surface area contributed by atoms with E-state index >= 15 is 0 Å². The number of hydrogen-bond acceptors (Lipinski definition) is 3. The van der Waals surface area contributed by atoms with E-state index in [0.29, 0.717) is 13.0 Å². The molecule has 0 aliphatic rings. The van der Waals surface area contributed by atoms with Gasteiger partial charge in [-0.15, -0.1) is 0 Å². The van der Waals surface area contributed by atoms with Gasteiger partial charge in [0.25, 0.3) is 0 Å². The highest BCUT2D eigenvalue weighted by atomic mass is 32.2. The second kappa shape index (κ2) is 7.85. The predicted octanol–water partition coefficient (Wildman–Crippen LogP) is 3.82. The number of nitrogens with zero attached hydrogens (tertiary/aromatic N) is 1. The molecular weight excluding hydrogens is 332 g/mol. The molecule has 0 aliphatic heterocycles. The molecule has 24 heavy (non-hydrogen) atoms. The van der Waals surface area contributed by atoms with Gasteiger partial charge in [-0.3, -0.25) is 4.90 Å². The summed E-state index contributed by atoms with van der Waals surface area (Å²) >= 11 is 0. The topological polar surface area (TPSA) is 37.4 Å². The third-order valence-electron chi connectivity index (χ3n) is 4.11. The highest BCUT2D eigenvalue weighted by Crippen LogP contribution is 2.20. The Morgan fingerprint density at radius 3 is 2.00 bits per heavy atom. The summed E-state index contributed by atoms with van der Waals surface area (Å²) < 4.78 is 50.3. The maximum Gasteiger partial charge on any atom is 0.178 e. The zero-order valence-electron chi connectivity index (χ0n) is 13.7. The monoisotopic (exact) mass is 353 g/mol. The maximum atomic E-state index is 13.0. The highest BCUT2D eigenvalue weighted by molar-refractivity contribution is 7.91. The number of hydrogen-bond donors (Lipinski definition) is 0.